The van der Waals surface area contributed by atoms with Crippen molar-refractivity contribution in [3.05, 3.63) is 88.2 Å². The summed E-state index contributed by atoms with van der Waals surface area (Å²) in [4.78, 5) is 38.9. The van der Waals surface area contributed by atoms with Gasteiger partial charge in [-0.15, -0.1) is 0 Å². The number of rotatable bonds is 24. The largest absolute Gasteiger partial charge is 0.444 e. The Balaban J connectivity index is 1.75. The van der Waals surface area contributed by atoms with Crippen LogP contribution in [0.15, 0.2) is 55.1 Å². The number of aryl methyl sites for hydroxylation is 1. The molecule has 0 radical (unpaired) electrons. The lowest BCUT2D eigenvalue weighted by Gasteiger charge is -2.31. The molecule has 4 atom stereocenters. The number of amides is 2. The third kappa shape index (κ3) is 16.6. The fraction of sp³-hybridized carbons (Fsp3) is 0.535. The molecule has 0 unspecified atom stereocenters. The number of carbonyl (C=O) groups excluding carboxylic acids is 2. The van der Waals surface area contributed by atoms with Crippen molar-refractivity contribution in [2.45, 2.75) is 97.2 Å². The van der Waals surface area contributed by atoms with E-state index in [1.54, 1.807) is 29.2 Å². The summed E-state index contributed by atoms with van der Waals surface area (Å²) in [5, 5.41) is 45.9. The number of anilines is 2. The Bertz CT molecular complexity index is 1790. The molecular formula is C43H65ClN8O7. The number of hydrogen-bond donors (Lipinski definition) is 8. The van der Waals surface area contributed by atoms with Crippen LogP contribution in [-0.2, 0) is 17.7 Å². The second-order valence-corrected chi connectivity index (χ2v) is 16.3. The summed E-state index contributed by atoms with van der Waals surface area (Å²) in [6, 6.07) is 15.1. The van der Waals surface area contributed by atoms with Gasteiger partial charge in [0.25, 0.3) is 5.91 Å². The molecule has 0 saturated heterocycles. The van der Waals surface area contributed by atoms with Crippen LogP contribution >= 0.6 is 11.6 Å². The van der Waals surface area contributed by atoms with E-state index in [0.717, 1.165) is 42.4 Å². The number of ether oxygens (including phenoxy) is 1. The number of unbranched alkanes of at least 4 members (excludes halogenated alkanes) is 3. The summed E-state index contributed by atoms with van der Waals surface area (Å²) in [5.41, 5.74) is 15.3. The van der Waals surface area contributed by atoms with Gasteiger partial charge in [-0.25, -0.2) is 14.8 Å². The highest BCUT2D eigenvalue weighted by molar-refractivity contribution is 6.31. The fourth-order valence-electron chi connectivity index (χ4n) is 6.41. The fourth-order valence-corrected chi connectivity index (χ4v) is 6.54. The summed E-state index contributed by atoms with van der Waals surface area (Å²) in [5.74, 6) is -0.331. The van der Waals surface area contributed by atoms with Crippen LogP contribution in [0.4, 0.5) is 16.4 Å². The first kappa shape index (κ1) is 48.9. The Kier molecular flexibility index (Phi) is 19.8. The van der Waals surface area contributed by atoms with Gasteiger partial charge >= 0.3 is 6.09 Å². The minimum atomic E-state index is -1.50. The van der Waals surface area contributed by atoms with Crippen LogP contribution in [0.25, 0.3) is 5.70 Å². The van der Waals surface area contributed by atoms with Gasteiger partial charge in [-0.05, 0) is 81.8 Å². The van der Waals surface area contributed by atoms with Crippen LogP contribution in [0, 0.1) is 12.8 Å². The van der Waals surface area contributed by atoms with E-state index >= 15 is 0 Å². The summed E-state index contributed by atoms with van der Waals surface area (Å²) >= 11 is 6.14. The van der Waals surface area contributed by atoms with Crippen LogP contribution < -0.4 is 22.1 Å². The van der Waals surface area contributed by atoms with Crippen LogP contribution in [0.2, 0.25) is 5.15 Å². The highest BCUT2D eigenvalue weighted by Gasteiger charge is 2.28. The molecule has 0 bridgehead atoms. The third-order valence-electron chi connectivity index (χ3n) is 9.75. The molecule has 326 valence electrons. The maximum absolute atomic E-state index is 13.8. The summed E-state index contributed by atoms with van der Waals surface area (Å²) in [7, 11) is 0. The Morgan fingerprint density at radius 1 is 0.932 bits per heavy atom. The van der Waals surface area contributed by atoms with Crippen molar-refractivity contribution < 1.29 is 34.8 Å². The predicted molar refractivity (Wildman–Crippen MR) is 232 cm³/mol. The molecule has 0 aliphatic carbocycles. The van der Waals surface area contributed by atoms with Gasteiger partial charge in [0, 0.05) is 44.8 Å². The number of aliphatic hydroxyl groups excluding tert-OH is 4. The van der Waals surface area contributed by atoms with Crippen molar-refractivity contribution in [1.29, 1.82) is 0 Å². The minimum absolute atomic E-state index is 0.0127. The molecule has 2 amide bonds. The summed E-state index contributed by atoms with van der Waals surface area (Å²) in [6.07, 6.45) is -0.0878. The minimum Gasteiger partial charge on any atom is -0.444 e. The van der Waals surface area contributed by atoms with E-state index in [2.05, 4.69) is 40.2 Å². The van der Waals surface area contributed by atoms with Gasteiger partial charge in [0.05, 0.1) is 18.4 Å². The number of nitrogens with two attached hydrogens (primary N) is 2. The van der Waals surface area contributed by atoms with E-state index in [4.69, 9.17) is 27.8 Å². The number of carbonyl (C=O) groups is 2. The average Bonchev–Trinajstić information content (AvgIpc) is 3.19. The lowest BCUT2D eigenvalue weighted by atomic mass is 9.95. The Hall–Kier alpha value is -4.51. The van der Waals surface area contributed by atoms with Gasteiger partial charge in [-0.1, -0.05) is 80.8 Å². The van der Waals surface area contributed by atoms with Crippen molar-refractivity contribution in [2.75, 3.05) is 57.3 Å². The van der Waals surface area contributed by atoms with Crippen LogP contribution in [0.5, 0.6) is 0 Å². The van der Waals surface area contributed by atoms with Crippen LogP contribution in [0.3, 0.4) is 0 Å². The highest BCUT2D eigenvalue weighted by atomic mass is 35.5. The van der Waals surface area contributed by atoms with E-state index < -0.39 is 36.6 Å². The van der Waals surface area contributed by atoms with Crippen LogP contribution in [0.1, 0.15) is 86.1 Å². The molecule has 0 spiro atoms. The average molecular weight is 841 g/mol. The first-order chi connectivity index (χ1) is 27.9. The Morgan fingerprint density at radius 3 is 2.27 bits per heavy atom. The monoisotopic (exact) mass is 840 g/mol. The topological polar surface area (TPSA) is 233 Å². The highest BCUT2D eigenvalue weighted by Crippen LogP contribution is 2.23. The van der Waals surface area contributed by atoms with E-state index in [1.807, 2.05) is 50.8 Å². The normalized spacial score (nSPS) is 13.7. The van der Waals surface area contributed by atoms with Gasteiger partial charge < -0.3 is 52.2 Å². The number of halogens is 1. The molecule has 10 N–H and O–H groups in total. The molecular weight excluding hydrogens is 776 g/mol. The maximum atomic E-state index is 13.8. The Labute approximate surface area is 353 Å². The second kappa shape index (κ2) is 23.9. The predicted octanol–water partition coefficient (Wildman–Crippen LogP) is 4.15. The molecule has 3 rings (SSSR count). The zero-order valence-corrected chi connectivity index (χ0v) is 35.9. The van der Waals surface area contributed by atoms with Crippen molar-refractivity contribution in [2.24, 2.45) is 5.92 Å². The number of hydrogen-bond acceptors (Lipinski definition) is 13. The molecule has 15 nitrogen and oxygen atoms in total. The first-order valence-electron chi connectivity index (χ1n) is 20.2. The van der Waals surface area contributed by atoms with Gasteiger partial charge in [0.1, 0.15) is 23.5 Å². The number of nitrogens with one attached hydrogen (secondary N) is 2. The van der Waals surface area contributed by atoms with Gasteiger partial charge in [-0.2, -0.15) is 0 Å². The van der Waals surface area contributed by atoms with Crippen molar-refractivity contribution in [3.8, 4) is 0 Å². The zero-order valence-electron chi connectivity index (χ0n) is 35.2. The maximum Gasteiger partial charge on any atom is 0.410 e. The summed E-state index contributed by atoms with van der Waals surface area (Å²) < 4.78 is 5.86. The SMILES string of the molecule is C=C(NC[C@@H](Cc1ccccc1C)CN(Cc1ccc(C(=O)NCCN(CCCCCC)C[C@@H](O)[C@H](O)[C@@H](O)CO)cc1)C(=O)OC(C)(C)C)c1nc(Cl)c(N)nc1N. The zero-order chi connectivity index (χ0) is 43.7. The van der Waals surface area contributed by atoms with Gasteiger partial charge in [-0.3, -0.25) is 9.69 Å². The molecule has 59 heavy (non-hydrogen) atoms. The van der Waals surface area contributed by atoms with Crippen molar-refractivity contribution >= 4 is 40.9 Å². The smallest absolute Gasteiger partial charge is 0.410 e. The molecule has 2 aromatic carbocycles. The third-order valence-corrected chi connectivity index (χ3v) is 10.0. The first-order valence-corrected chi connectivity index (χ1v) is 20.6. The number of nitrogen functional groups attached to an aromatic ring is 2. The van der Waals surface area contributed by atoms with E-state index in [0.29, 0.717) is 43.9 Å². The number of benzene rings is 2. The van der Waals surface area contributed by atoms with Gasteiger partial charge in [0.15, 0.2) is 16.8 Å². The molecule has 0 aliphatic heterocycles. The van der Waals surface area contributed by atoms with Crippen molar-refractivity contribution in [3.63, 3.8) is 0 Å². The van der Waals surface area contributed by atoms with Crippen LogP contribution in [-0.4, -0.2) is 122 Å². The summed E-state index contributed by atoms with van der Waals surface area (Å²) in [6.45, 7) is 15.3. The molecule has 16 heteroatoms. The molecule has 3 aromatic rings. The lowest BCUT2D eigenvalue weighted by molar-refractivity contribution is -0.0840. The Morgan fingerprint density at radius 2 is 1.63 bits per heavy atom. The molecule has 1 aromatic heterocycles. The number of aliphatic hydroxyl groups is 4. The van der Waals surface area contributed by atoms with Crippen molar-refractivity contribution in [1.82, 2.24) is 30.4 Å². The number of nitrogens with zero attached hydrogens (tertiary/aromatic N) is 4. The standard InChI is InChI=1S/C43H65ClN8O7/c1-7-8-9-12-20-51(26-34(54)37(56)35(55)27-53)21-19-47-41(57)32-17-15-30(16-18-32)24-52(42(58)59-43(4,5)6)25-31(22-33-14-11-10-13-28(33)2)23-48-29(3)36-39(45)50-40(46)38(44)49-36/h10-11,13-18,31,34-35,37,48,53-56H,3,7-9,12,19-27H2,1-2,4-6H3,(H,47,57)(H4,45,46,50)/t31-,34-,35+,37+/m1/s1. The van der Waals surface area contributed by atoms with E-state index in [9.17, 15) is 30.0 Å². The second-order valence-electron chi connectivity index (χ2n) is 16.0. The molecule has 1 heterocycles. The van der Waals surface area contributed by atoms with E-state index in [-0.39, 0.29) is 53.9 Å². The molecule has 0 fully saturated rings. The molecule has 0 aliphatic rings. The quantitative estimate of drug-likeness (QED) is 0.0594. The molecule has 0 saturated carbocycles. The number of aromatic nitrogens is 2. The van der Waals surface area contributed by atoms with E-state index in [1.165, 1.54) is 0 Å². The van der Waals surface area contributed by atoms with Gasteiger partial charge in [0.2, 0.25) is 0 Å². The lowest BCUT2D eigenvalue weighted by Crippen LogP contribution is -2.47.